The van der Waals surface area contributed by atoms with E-state index in [0.717, 1.165) is 0 Å². The molecule has 1 aromatic heterocycles. The molecule has 2 heterocycles. The molecule has 1 aromatic carbocycles. The van der Waals surface area contributed by atoms with E-state index in [1.165, 1.54) is 6.26 Å². The van der Waals surface area contributed by atoms with Gasteiger partial charge in [-0.2, -0.15) is 5.10 Å². The topological polar surface area (TPSA) is 127 Å². The Bertz CT molecular complexity index is 1120. The maximum Gasteiger partial charge on any atom is 0.318 e. The normalized spacial score (nSPS) is 20.9. The van der Waals surface area contributed by atoms with E-state index in [1.54, 1.807) is 33.8 Å². The third-order valence-corrected chi connectivity index (χ3v) is 7.47. The summed E-state index contributed by atoms with van der Waals surface area (Å²) in [5.74, 6) is -0.622. The van der Waals surface area contributed by atoms with Gasteiger partial charge in [-0.05, 0) is 25.0 Å². The molecule has 2 aliphatic rings. The maximum absolute atomic E-state index is 12.7. The summed E-state index contributed by atoms with van der Waals surface area (Å²) >= 11 is 6.07. The average Bonchev–Trinajstić information content (AvgIpc) is 3.02. The van der Waals surface area contributed by atoms with Crippen LogP contribution >= 0.6 is 11.6 Å². The largest absolute Gasteiger partial charge is 0.365 e. The highest BCUT2D eigenvalue weighted by Crippen LogP contribution is 2.30. The first-order valence-electron chi connectivity index (χ1n) is 9.53. The van der Waals surface area contributed by atoms with Crippen LogP contribution in [0.1, 0.15) is 28.9 Å². The second-order valence-electron chi connectivity index (χ2n) is 7.76. The van der Waals surface area contributed by atoms with Crippen LogP contribution in [0.15, 0.2) is 24.3 Å². The summed E-state index contributed by atoms with van der Waals surface area (Å²) in [5, 5.41) is 7.53. The van der Waals surface area contributed by atoms with E-state index in [4.69, 9.17) is 17.3 Å². The highest BCUT2D eigenvalue weighted by atomic mass is 35.5. The molecule has 1 saturated carbocycles. The Labute approximate surface area is 179 Å². The Morgan fingerprint density at radius 2 is 2.00 bits per heavy atom. The van der Waals surface area contributed by atoms with E-state index in [-0.39, 0.29) is 24.2 Å². The molecular formula is C19H22ClN5O4S. The number of halogens is 1. The summed E-state index contributed by atoms with van der Waals surface area (Å²) < 4.78 is 24.8. The van der Waals surface area contributed by atoms with Crippen LogP contribution in [0.4, 0.5) is 4.79 Å². The van der Waals surface area contributed by atoms with Gasteiger partial charge in [-0.15, -0.1) is 0 Å². The van der Waals surface area contributed by atoms with Crippen molar-refractivity contribution < 1.29 is 18.0 Å². The summed E-state index contributed by atoms with van der Waals surface area (Å²) in [7, 11) is -3.08. The predicted octanol–water partition coefficient (Wildman–Crippen LogP) is 1.40. The second-order valence-corrected chi connectivity index (χ2v) is 10.5. The van der Waals surface area contributed by atoms with Gasteiger partial charge >= 0.3 is 6.03 Å². The van der Waals surface area contributed by atoms with Crippen LogP contribution in [0.2, 0.25) is 5.02 Å². The number of urea groups is 1. The Hall–Kier alpha value is -2.59. The van der Waals surface area contributed by atoms with Gasteiger partial charge in [-0.3, -0.25) is 9.48 Å². The molecule has 3 amide bonds. The van der Waals surface area contributed by atoms with Crippen molar-refractivity contribution in [1.82, 2.24) is 20.0 Å². The molecule has 3 N–H and O–H groups in total. The number of hydrogen-bond donors (Lipinski definition) is 2. The van der Waals surface area contributed by atoms with E-state index in [9.17, 15) is 18.0 Å². The first-order valence-corrected chi connectivity index (χ1v) is 11.9. The zero-order valence-corrected chi connectivity index (χ0v) is 17.9. The van der Waals surface area contributed by atoms with Crippen molar-refractivity contribution in [2.75, 3.05) is 12.8 Å². The lowest BCUT2D eigenvalue weighted by Gasteiger charge is -2.37. The summed E-state index contributed by atoms with van der Waals surface area (Å²) in [5.41, 5.74) is 7.61. The lowest BCUT2D eigenvalue weighted by Crippen LogP contribution is -2.54. The molecule has 160 valence electrons. The molecule has 30 heavy (non-hydrogen) atoms. The van der Waals surface area contributed by atoms with E-state index in [1.807, 2.05) is 0 Å². The van der Waals surface area contributed by atoms with Gasteiger partial charge in [0.1, 0.15) is 15.5 Å². The van der Waals surface area contributed by atoms with Crippen molar-refractivity contribution in [3.8, 4) is 11.3 Å². The number of primary amides is 1. The Balaban J connectivity index is 1.52. The van der Waals surface area contributed by atoms with Crippen LogP contribution in [0.25, 0.3) is 11.3 Å². The van der Waals surface area contributed by atoms with E-state index < -0.39 is 21.0 Å². The number of nitrogens with two attached hydrogens (primary N) is 1. The molecule has 4 rings (SSSR count). The highest BCUT2D eigenvalue weighted by molar-refractivity contribution is 7.91. The lowest BCUT2D eigenvalue weighted by molar-refractivity contribution is 0.0997. The van der Waals surface area contributed by atoms with Crippen LogP contribution in [0.3, 0.4) is 0 Å². The standard InChI is InChI=1S/C19H22ClN5O4S/c1-30(28,29)14-8-13(9-14)22-19(27)24-5-6-25-15(10-24)16(18(21)26)17(23-25)11-3-2-4-12(20)7-11/h2-4,7,13-14H,5-6,8-10H2,1H3,(H2,21,26)(H,22,27)/t13-,14-. The zero-order chi connectivity index (χ0) is 21.6. The fourth-order valence-corrected chi connectivity index (χ4v) is 5.24. The van der Waals surface area contributed by atoms with Crippen molar-refractivity contribution in [2.24, 2.45) is 5.73 Å². The minimum atomic E-state index is -3.08. The molecule has 11 heteroatoms. The van der Waals surface area contributed by atoms with Crippen LogP contribution in [-0.2, 0) is 22.9 Å². The number of aromatic nitrogens is 2. The van der Waals surface area contributed by atoms with E-state index in [2.05, 4.69) is 10.4 Å². The number of benzene rings is 1. The van der Waals surface area contributed by atoms with Gasteiger partial charge in [0.05, 0.1) is 29.6 Å². The molecule has 9 nitrogen and oxygen atoms in total. The van der Waals surface area contributed by atoms with Crippen LogP contribution < -0.4 is 11.1 Å². The summed E-state index contributed by atoms with van der Waals surface area (Å²) in [6.45, 7) is 1.01. The zero-order valence-electron chi connectivity index (χ0n) is 16.3. The third-order valence-electron chi connectivity index (χ3n) is 5.64. The average molecular weight is 452 g/mol. The van der Waals surface area contributed by atoms with Crippen molar-refractivity contribution >= 4 is 33.4 Å². The summed E-state index contributed by atoms with van der Waals surface area (Å²) in [6.07, 6.45) is 2.05. The molecule has 0 unspecified atom stereocenters. The lowest BCUT2D eigenvalue weighted by atomic mass is 9.92. The molecule has 1 aliphatic heterocycles. The number of rotatable bonds is 4. The van der Waals surface area contributed by atoms with Crippen LogP contribution in [0.5, 0.6) is 0 Å². The molecule has 0 atom stereocenters. The monoisotopic (exact) mass is 451 g/mol. The number of sulfone groups is 1. The molecule has 0 saturated heterocycles. The fraction of sp³-hybridized carbons (Fsp3) is 0.421. The highest BCUT2D eigenvalue weighted by Gasteiger charge is 2.38. The minimum Gasteiger partial charge on any atom is -0.365 e. The third kappa shape index (κ3) is 3.89. The van der Waals surface area contributed by atoms with Crippen LogP contribution in [0, 0.1) is 0 Å². The van der Waals surface area contributed by atoms with Crippen molar-refractivity contribution in [3.63, 3.8) is 0 Å². The van der Waals surface area contributed by atoms with Crippen molar-refractivity contribution in [1.29, 1.82) is 0 Å². The Kier molecular flexibility index (Phi) is 5.23. The van der Waals surface area contributed by atoms with E-state index >= 15 is 0 Å². The summed E-state index contributed by atoms with van der Waals surface area (Å²) in [6, 6.07) is 6.54. The number of carbonyl (C=O) groups excluding carboxylic acids is 2. The smallest absolute Gasteiger partial charge is 0.318 e. The molecular weight excluding hydrogens is 430 g/mol. The second kappa shape index (κ2) is 7.59. The number of nitrogens with zero attached hydrogens (tertiary/aromatic N) is 3. The van der Waals surface area contributed by atoms with Gasteiger partial charge in [-0.25, -0.2) is 13.2 Å². The van der Waals surface area contributed by atoms with Gasteiger partial charge in [0.15, 0.2) is 0 Å². The first kappa shape index (κ1) is 20.7. The molecule has 0 spiro atoms. The molecule has 1 fully saturated rings. The van der Waals surface area contributed by atoms with E-state index in [0.29, 0.717) is 47.9 Å². The fourth-order valence-electron chi connectivity index (χ4n) is 3.89. The number of amides is 3. The molecule has 0 bridgehead atoms. The first-order chi connectivity index (χ1) is 14.1. The number of fused-ring (bicyclic) bond motifs is 1. The summed E-state index contributed by atoms with van der Waals surface area (Å²) in [4.78, 5) is 26.5. The van der Waals surface area contributed by atoms with Gasteiger partial charge in [0.25, 0.3) is 5.91 Å². The predicted molar refractivity (Wildman–Crippen MR) is 112 cm³/mol. The van der Waals surface area contributed by atoms with Gasteiger partial charge in [0.2, 0.25) is 0 Å². The van der Waals surface area contributed by atoms with Crippen LogP contribution in [-0.4, -0.2) is 59.1 Å². The maximum atomic E-state index is 12.7. The Morgan fingerprint density at radius 3 is 2.63 bits per heavy atom. The van der Waals surface area contributed by atoms with Crippen molar-refractivity contribution in [3.05, 3.63) is 40.5 Å². The van der Waals surface area contributed by atoms with Gasteiger partial charge < -0.3 is 16.0 Å². The quantitative estimate of drug-likeness (QED) is 0.726. The number of hydrogen-bond acceptors (Lipinski definition) is 5. The number of nitrogens with one attached hydrogen (secondary N) is 1. The van der Waals surface area contributed by atoms with Gasteiger partial charge in [-0.1, -0.05) is 23.7 Å². The number of carbonyl (C=O) groups is 2. The van der Waals surface area contributed by atoms with Gasteiger partial charge in [0, 0.05) is 29.4 Å². The molecule has 2 aromatic rings. The SMILES string of the molecule is CS(=O)(=O)[C@H]1C[C@H](NC(=O)N2CCn3nc(-c4cccc(Cl)c4)c(C(N)=O)c3C2)C1. The Morgan fingerprint density at radius 1 is 1.27 bits per heavy atom. The van der Waals surface area contributed by atoms with Crippen molar-refractivity contribution in [2.45, 2.75) is 37.2 Å². The molecule has 0 radical (unpaired) electrons. The molecule has 1 aliphatic carbocycles. The minimum absolute atomic E-state index is 0.165.